The van der Waals surface area contributed by atoms with Crippen LogP contribution in [0.4, 0.5) is 0 Å². The molecular weight excluding hydrogens is 178 g/mol. The van der Waals surface area contributed by atoms with Gasteiger partial charge >= 0.3 is 0 Å². The van der Waals surface area contributed by atoms with Crippen LogP contribution in [0.25, 0.3) is 0 Å². The Morgan fingerprint density at radius 3 is 3.21 bits per heavy atom. The molecule has 0 radical (unpaired) electrons. The van der Waals surface area contributed by atoms with Gasteiger partial charge < -0.3 is 10.1 Å². The summed E-state index contributed by atoms with van der Waals surface area (Å²) in [7, 11) is 1.71. The number of hydrogen-bond donors (Lipinski definition) is 1. The third kappa shape index (κ3) is 2.56. The van der Waals surface area contributed by atoms with Crippen molar-refractivity contribution in [1.82, 2.24) is 15.1 Å². The van der Waals surface area contributed by atoms with E-state index in [9.17, 15) is 0 Å². The number of nitrogens with zero attached hydrogens (tertiary/aromatic N) is 2. The lowest BCUT2D eigenvalue weighted by Crippen LogP contribution is -2.19. The summed E-state index contributed by atoms with van der Waals surface area (Å²) in [5.41, 5.74) is 1.24. The van der Waals surface area contributed by atoms with E-state index in [1.54, 1.807) is 7.11 Å². The minimum atomic E-state index is 0.720. The fourth-order valence-corrected chi connectivity index (χ4v) is 1.43. The molecule has 1 heterocycles. The summed E-state index contributed by atoms with van der Waals surface area (Å²) in [5, 5.41) is 7.72. The zero-order valence-corrected chi connectivity index (χ0v) is 8.57. The van der Waals surface area contributed by atoms with Crippen molar-refractivity contribution in [2.75, 3.05) is 13.7 Å². The van der Waals surface area contributed by atoms with Gasteiger partial charge in [0.1, 0.15) is 0 Å². The summed E-state index contributed by atoms with van der Waals surface area (Å²) in [6, 6.07) is 2.81. The van der Waals surface area contributed by atoms with Gasteiger partial charge in [-0.25, -0.2) is 0 Å². The molecule has 0 aromatic carbocycles. The summed E-state index contributed by atoms with van der Waals surface area (Å²) in [5.74, 6) is 0. The summed E-state index contributed by atoms with van der Waals surface area (Å²) >= 11 is 0. The van der Waals surface area contributed by atoms with E-state index in [0.29, 0.717) is 0 Å². The van der Waals surface area contributed by atoms with E-state index in [1.165, 1.54) is 18.5 Å². The van der Waals surface area contributed by atoms with E-state index in [-0.39, 0.29) is 0 Å². The Labute approximate surface area is 84.3 Å². The van der Waals surface area contributed by atoms with E-state index in [1.807, 2.05) is 10.9 Å². The zero-order valence-electron chi connectivity index (χ0n) is 8.57. The van der Waals surface area contributed by atoms with Crippen LogP contribution in [0.5, 0.6) is 0 Å². The van der Waals surface area contributed by atoms with Crippen LogP contribution in [0, 0.1) is 0 Å². The van der Waals surface area contributed by atoms with Crippen LogP contribution >= 0.6 is 0 Å². The van der Waals surface area contributed by atoms with Crippen molar-refractivity contribution in [3.8, 4) is 0 Å². The Hall–Kier alpha value is -0.870. The maximum Gasteiger partial charge on any atom is 0.0658 e. The molecule has 2 rings (SSSR count). The highest BCUT2D eigenvalue weighted by molar-refractivity contribution is 5.01. The predicted octanol–water partition coefficient (Wildman–Crippen LogP) is 0.781. The molecule has 14 heavy (non-hydrogen) atoms. The normalized spacial score (nSPS) is 16.1. The average molecular weight is 195 g/mol. The van der Waals surface area contributed by atoms with E-state index in [2.05, 4.69) is 16.5 Å². The van der Waals surface area contributed by atoms with Crippen molar-refractivity contribution in [1.29, 1.82) is 0 Å². The third-order valence-corrected chi connectivity index (χ3v) is 2.46. The highest BCUT2D eigenvalue weighted by atomic mass is 16.5. The lowest BCUT2D eigenvalue weighted by molar-refractivity contribution is 0.182. The van der Waals surface area contributed by atoms with Crippen LogP contribution in [0.15, 0.2) is 12.3 Å². The molecule has 1 N–H and O–H groups in total. The van der Waals surface area contributed by atoms with Gasteiger partial charge in [0, 0.05) is 25.9 Å². The molecule has 4 nitrogen and oxygen atoms in total. The van der Waals surface area contributed by atoms with Crippen molar-refractivity contribution < 1.29 is 4.74 Å². The molecule has 1 fully saturated rings. The Morgan fingerprint density at radius 1 is 1.64 bits per heavy atom. The lowest BCUT2D eigenvalue weighted by Gasteiger charge is -2.07. The van der Waals surface area contributed by atoms with Crippen LogP contribution in [0.3, 0.4) is 0 Å². The smallest absolute Gasteiger partial charge is 0.0658 e. The second-order valence-electron chi connectivity index (χ2n) is 3.69. The van der Waals surface area contributed by atoms with Crippen molar-refractivity contribution in [3.63, 3.8) is 0 Å². The number of rotatable bonds is 6. The molecule has 0 aliphatic heterocycles. The van der Waals surface area contributed by atoms with Gasteiger partial charge in [-0.05, 0) is 18.9 Å². The maximum absolute atomic E-state index is 5.03. The zero-order chi connectivity index (χ0) is 9.80. The number of nitrogens with one attached hydrogen (secondary N) is 1. The lowest BCUT2D eigenvalue weighted by atomic mass is 10.4. The molecule has 0 bridgehead atoms. The van der Waals surface area contributed by atoms with Crippen molar-refractivity contribution in [2.24, 2.45) is 0 Å². The van der Waals surface area contributed by atoms with Crippen LogP contribution < -0.4 is 5.32 Å². The van der Waals surface area contributed by atoms with Gasteiger partial charge in [0.05, 0.1) is 18.8 Å². The number of hydrogen-bond acceptors (Lipinski definition) is 3. The molecule has 1 aromatic heterocycles. The quantitative estimate of drug-likeness (QED) is 0.729. The Morgan fingerprint density at radius 2 is 2.50 bits per heavy atom. The number of methoxy groups -OCH3 is 1. The van der Waals surface area contributed by atoms with Gasteiger partial charge in [-0.3, -0.25) is 4.68 Å². The largest absolute Gasteiger partial charge is 0.383 e. The van der Waals surface area contributed by atoms with Gasteiger partial charge in [-0.1, -0.05) is 0 Å². The summed E-state index contributed by atoms with van der Waals surface area (Å²) in [4.78, 5) is 0. The fraction of sp³-hybridized carbons (Fsp3) is 0.700. The maximum atomic E-state index is 5.03. The molecule has 0 amide bonds. The van der Waals surface area contributed by atoms with E-state index in [4.69, 9.17) is 4.74 Å². The molecule has 1 aromatic rings. The summed E-state index contributed by atoms with van der Waals surface area (Å²) < 4.78 is 7.03. The standard InChI is InChI=1S/C10H17N3O/c1-14-7-6-13-10(4-5-12-13)8-11-9-2-3-9/h4-5,9,11H,2-3,6-8H2,1H3. The molecule has 0 unspecified atom stereocenters. The minimum absolute atomic E-state index is 0.720. The fourth-order valence-electron chi connectivity index (χ4n) is 1.43. The molecule has 1 aliphatic rings. The first-order valence-corrected chi connectivity index (χ1v) is 5.13. The topological polar surface area (TPSA) is 39.1 Å². The second-order valence-corrected chi connectivity index (χ2v) is 3.69. The molecule has 1 aliphatic carbocycles. The highest BCUT2D eigenvalue weighted by Gasteiger charge is 2.20. The summed E-state index contributed by atoms with van der Waals surface area (Å²) in [6.45, 7) is 2.48. The number of aromatic nitrogens is 2. The Kier molecular flexibility index (Phi) is 3.16. The second kappa shape index (κ2) is 4.57. The molecule has 4 heteroatoms. The van der Waals surface area contributed by atoms with Crippen LogP contribution in [-0.4, -0.2) is 29.5 Å². The van der Waals surface area contributed by atoms with E-state index < -0.39 is 0 Å². The molecule has 0 saturated heterocycles. The van der Waals surface area contributed by atoms with Gasteiger partial charge in [0.2, 0.25) is 0 Å². The predicted molar refractivity (Wildman–Crippen MR) is 54.0 cm³/mol. The molecule has 0 spiro atoms. The highest BCUT2D eigenvalue weighted by Crippen LogP contribution is 2.19. The molecule has 1 saturated carbocycles. The van der Waals surface area contributed by atoms with Gasteiger partial charge in [0.25, 0.3) is 0 Å². The number of ether oxygens (including phenoxy) is 1. The first kappa shape index (κ1) is 9.68. The van der Waals surface area contributed by atoms with Gasteiger partial charge in [0.15, 0.2) is 0 Å². The first-order chi connectivity index (χ1) is 6.90. The van der Waals surface area contributed by atoms with Crippen molar-refractivity contribution >= 4 is 0 Å². The van der Waals surface area contributed by atoms with Crippen LogP contribution in [0.1, 0.15) is 18.5 Å². The summed E-state index contributed by atoms with van der Waals surface area (Å²) in [6.07, 6.45) is 4.50. The van der Waals surface area contributed by atoms with E-state index in [0.717, 1.165) is 25.7 Å². The monoisotopic (exact) mass is 195 g/mol. The SMILES string of the molecule is COCCn1nccc1CNC1CC1. The Bertz CT molecular complexity index is 281. The van der Waals surface area contributed by atoms with E-state index >= 15 is 0 Å². The van der Waals surface area contributed by atoms with Gasteiger partial charge in [-0.15, -0.1) is 0 Å². The molecule has 0 atom stereocenters. The molecular formula is C10H17N3O. The Balaban J connectivity index is 1.83. The molecule has 78 valence electrons. The van der Waals surface area contributed by atoms with Crippen molar-refractivity contribution in [2.45, 2.75) is 32.0 Å². The minimum Gasteiger partial charge on any atom is -0.383 e. The average Bonchev–Trinajstić information content (AvgIpc) is 2.92. The van der Waals surface area contributed by atoms with Crippen LogP contribution in [-0.2, 0) is 17.8 Å². The van der Waals surface area contributed by atoms with Crippen LogP contribution in [0.2, 0.25) is 0 Å². The first-order valence-electron chi connectivity index (χ1n) is 5.13. The third-order valence-electron chi connectivity index (χ3n) is 2.46. The van der Waals surface area contributed by atoms with Crippen molar-refractivity contribution in [3.05, 3.63) is 18.0 Å². The van der Waals surface area contributed by atoms with Gasteiger partial charge in [-0.2, -0.15) is 5.10 Å².